The number of thiocarbonyl (C=S) groups is 1. The van der Waals surface area contributed by atoms with Gasteiger partial charge in [0.05, 0.1) is 6.04 Å². The Morgan fingerprint density at radius 3 is 2.95 bits per heavy atom. The van der Waals surface area contributed by atoms with Gasteiger partial charge in [0.25, 0.3) is 0 Å². The summed E-state index contributed by atoms with van der Waals surface area (Å²) in [6.07, 6.45) is 7.02. The van der Waals surface area contributed by atoms with Crippen LogP contribution in [0.1, 0.15) is 30.9 Å². The van der Waals surface area contributed by atoms with E-state index in [1.165, 1.54) is 24.1 Å². The van der Waals surface area contributed by atoms with Crippen molar-refractivity contribution in [3.05, 3.63) is 60.2 Å². The predicted molar refractivity (Wildman–Crippen MR) is 90.2 cm³/mol. The number of nitrogens with one attached hydrogen (secondary N) is 1. The standard InChI is InChI=1S/C17H18FN3S/c18-14-6-3-7-15(11-14)20-17(22)21-10-2-1-8-16(21)13-5-4-9-19-12-13/h3-7,9,11-12,16H,1-2,8,10H2,(H,20,22)/t16-/m1/s1. The van der Waals surface area contributed by atoms with Crippen LogP contribution < -0.4 is 5.32 Å². The molecule has 0 radical (unpaired) electrons. The van der Waals surface area contributed by atoms with Crippen molar-refractivity contribution in [3.8, 4) is 0 Å². The van der Waals surface area contributed by atoms with E-state index in [-0.39, 0.29) is 11.9 Å². The number of benzene rings is 1. The number of likely N-dealkylation sites (tertiary alicyclic amines) is 1. The second-order valence-electron chi connectivity index (χ2n) is 5.43. The number of aromatic nitrogens is 1. The molecule has 0 spiro atoms. The molecule has 3 rings (SSSR count). The van der Waals surface area contributed by atoms with Gasteiger partial charge in [-0.25, -0.2) is 4.39 Å². The maximum atomic E-state index is 13.3. The molecule has 1 aliphatic heterocycles. The van der Waals surface area contributed by atoms with E-state index in [9.17, 15) is 4.39 Å². The van der Waals surface area contributed by atoms with E-state index in [1.807, 2.05) is 18.3 Å². The van der Waals surface area contributed by atoms with Gasteiger partial charge < -0.3 is 10.2 Å². The van der Waals surface area contributed by atoms with Gasteiger partial charge >= 0.3 is 0 Å². The molecule has 2 heterocycles. The molecule has 0 saturated carbocycles. The third-order valence-electron chi connectivity index (χ3n) is 3.91. The Labute approximate surface area is 135 Å². The van der Waals surface area contributed by atoms with Crippen LogP contribution in [-0.2, 0) is 0 Å². The van der Waals surface area contributed by atoms with E-state index in [4.69, 9.17) is 12.2 Å². The van der Waals surface area contributed by atoms with Crippen molar-refractivity contribution in [2.24, 2.45) is 0 Å². The van der Waals surface area contributed by atoms with Gasteiger partial charge in [0.15, 0.2) is 5.11 Å². The fraction of sp³-hybridized carbons (Fsp3) is 0.294. The highest BCUT2D eigenvalue weighted by molar-refractivity contribution is 7.80. The van der Waals surface area contributed by atoms with E-state index in [2.05, 4.69) is 21.3 Å². The van der Waals surface area contributed by atoms with Crippen molar-refractivity contribution in [3.63, 3.8) is 0 Å². The number of rotatable bonds is 2. The van der Waals surface area contributed by atoms with Crippen molar-refractivity contribution in [1.82, 2.24) is 9.88 Å². The highest BCUT2D eigenvalue weighted by Crippen LogP contribution is 2.31. The summed E-state index contributed by atoms with van der Waals surface area (Å²) in [7, 11) is 0. The van der Waals surface area contributed by atoms with Crippen molar-refractivity contribution < 1.29 is 4.39 Å². The number of hydrogen-bond donors (Lipinski definition) is 1. The molecule has 1 aromatic heterocycles. The minimum absolute atomic E-state index is 0.232. The van der Waals surface area contributed by atoms with Crippen molar-refractivity contribution >= 4 is 23.0 Å². The zero-order valence-corrected chi connectivity index (χ0v) is 13.0. The molecule has 22 heavy (non-hydrogen) atoms. The molecular weight excluding hydrogens is 297 g/mol. The van der Waals surface area contributed by atoms with E-state index in [1.54, 1.807) is 12.3 Å². The quantitative estimate of drug-likeness (QED) is 0.843. The zero-order chi connectivity index (χ0) is 15.4. The normalized spacial score (nSPS) is 18.0. The van der Waals surface area contributed by atoms with Crippen molar-refractivity contribution in [2.45, 2.75) is 25.3 Å². The molecule has 5 heteroatoms. The maximum absolute atomic E-state index is 13.3. The molecule has 0 unspecified atom stereocenters. The molecule has 1 fully saturated rings. The number of halogens is 1. The summed E-state index contributed by atoms with van der Waals surface area (Å²) in [6, 6.07) is 10.6. The molecule has 0 bridgehead atoms. The largest absolute Gasteiger partial charge is 0.342 e. The number of hydrogen-bond acceptors (Lipinski definition) is 2. The first kappa shape index (κ1) is 14.9. The van der Waals surface area contributed by atoms with E-state index in [0.29, 0.717) is 10.8 Å². The molecule has 3 nitrogen and oxygen atoms in total. The molecular formula is C17H18FN3S. The minimum atomic E-state index is -0.268. The molecule has 1 aromatic carbocycles. The van der Waals surface area contributed by atoms with Gasteiger partial charge in [0, 0.05) is 24.6 Å². The molecule has 114 valence electrons. The molecule has 0 amide bonds. The van der Waals surface area contributed by atoms with Crippen LogP contribution in [0.5, 0.6) is 0 Å². The Bertz CT molecular complexity index is 647. The van der Waals surface area contributed by atoms with Gasteiger partial charge in [0.2, 0.25) is 0 Å². The van der Waals surface area contributed by atoms with Gasteiger partial charge in [-0.05, 0) is 61.3 Å². The van der Waals surface area contributed by atoms with E-state index < -0.39 is 0 Å². The Balaban J connectivity index is 1.77. The monoisotopic (exact) mass is 315 g/mol. The van der Waals surface area contributed by atoms with Gasteiger partial charge in [-0.1, -0.05) is 12.1 Å². The molecule has 1 N–H and O–H groups in total. The molecule has 1 atom stereocenters. The van der Waals surface area contributed by atoms with Gasteiger partial charge in [0.1, 0.15) is 5.82 Å². The fourth-order valence-corrected chi connectivity index (χ4v) is 3.19. The molecule has 2 aromatic rings. The highest BCUT2D eigenvalue weighted by atomic mass is 32.1. The first-order valence-electron chi connectivity index (χ1n) is 7.47. The highest BCUT2D eigenvalue weighted by Gasteiger charge is 2.26. The second-order valence-corrected chi connectivity index (χ2v) is 5.82. The summed E-state index contributed by atoms with van der Waals surface area (Å²) in [5, 5.41) is 3.79. The topological polar surface area (TPSA) is 28.2 Å². The third kappa shape index (κ3) is 3.42. The van der Waals surface area contributed by atoms with Gasteiger partial charge in [-0.15, -0.1) is 0 Å². The van der Waals surface area contributed by atoms with Crippen LogP contribution in [0.3, 0.4) is 0 Å². The third-order valence-corrected chi connectivity index (χ3v) is 4.25. The number of nitrogens with zero attached hydrogens (tertiary/aromatic N) is 2. The first-order valence-corrected chi connectivity index (χ1v) is 7.88. The second kappa shape index (κ2) is 6.83. The summed E-state index contributed by atoms with van der Waals surface area (Å²) >= 11 is 5.55. The number of pyridine rings is 1. The fourth-order valence-electron chi connectivity index (χ4n) is 2.86. The van der Waals surface area contributed by atoms with Crippen molar-refractivity contribution in [1.29, 1.82) is 0 Å². The first-order chi connectivity index (χ1) is 10.7. The average Bonchev–Trinajstić information content (AvgIpc) is 2.56. The Morgan fingerprint density at radius 1 is 1.27 bits per heavy atom. The minimum Gasteiger partial charge on any atom is -0.342 e. The van der Waals surface area contributed by atoms with Crippen LogP contribution in [0.15, 0.2) is 48.8 Å². The molecule has 0 aliphatic carbocycles. The van der Waals surface area contributed by atoms with Crippen LogP contribution in [0.25, 0.3) is 0 Å². The van der Waals surface area contributed by atoms with Crippen LogP contribution >= 0.6 is 12.2 Å². The average molecular weight is 315 g/mol. The number of piperidine rings is 1. The summed E-state index contributed by atoms with van der Waals surface area (Å²) in [5.74, 6) is -0.268. The Kier molecular flexibility index (Phi) is 4.63. The summed E-state index contributed by atoms with van der Waals surface area (Å²) in [4.78, 5) is 6.39. The SMILES string of the molecule is Fc1cccc(NC(=S)N2CCCC[C@@H]2c2cccnc2)c1. The van der Waals surface area contributed by atoms with Gasteiger partial charge in [-0.2, -0.15) is 0 Å². The maximum Gasteiger partial charge on any atom is 0.173 e. The van der Waals surface area contributed by atoms with Crippen LogP contribution in [0.4, 0.5) is 10.1 Å². The van der Waals surface area contributed by atoms with Gasteiger partial charge in [-0.3, -0.25) is 4.98 Å². The van der Waals surface area contributed by atoms with E-state index >= 15 is 0 Å². The lowest BCUT2D eigenvalue weighted by molar-refractivity contribution is 0.248. The summed E-state index contributed by atoms with van der Waals surface area (Å²) in [5.41, 5.74) is 1.85. The molecule has 1 saturated heterocycles. The summed E-state index contributed by atoms with van der Waals surface area (Å²) in [6.45, 7) is 0.903. The summed E-state index contributed by atoms with van der Waals surface area (Å²) < 4.78 is 13.3. The Hall–Kier alpha value is -2.01. The zero-order valence-electron chi connectivity index (χ0n) is 12.2. The predicted octanol–water partition coefficient (Wildman–Crippen LogP) is 4.14. The number of anilines is 1. The lowest BCUT2D eigenvalue weighted by atomic mass is 9.97. The Morgan fingerprint density at radius 2 is 2.18 bits per heavy atom. The van der Waals surface area contributed by atoms with Crippen LogP contribution in [0, 0.1) is 5.82 Å². The molecule has 1 aliphatic rings. The van der Waals surface area contributed by atoms with E-state index in [0.717, 1.165) is 19.4 Å². The smallest absolute Gasteiger partial charge is 0.173 e. The lowest BCUT2D eigenvalue weighted by Crippen LogP contribution is -2.41. The van der Waals surface area contributed by atoms with Crippen LogP contribution in [0.2, 0.25) is 0 Å². The van der Waals surface area contributed by atoms with Crippen molar-refractivity contribution in [2.75, 3.05) is 11.9 Å². The lowest BCUT2D eigenvalue weighted by Gasteiger charge is -2.37. The van der Waals surface area contributed by atoms with Crippen LogP contribution in [-0.4, -0.2) is 21.5 Å².